The second-order valence-electron chi connectivity index (χ2n) is 4.20. The Bertz CT molecular complexity index is 647. The van der Waals surface area contributed by atoms with E-state index in [4.69, 9.17) is 10.5 Å². The monoisotopic (exact) mass is 288 g/mol. The topological polar surface area (TPSA) is 65.2 Å². The predicted octanol–water partition coefficient (Wildman–Crippen LogP) is 2.98. The minimum absolute atomic E-state index is 0.0897. The van der Waals surface area contributed by atoms with Crippen molar-refractivity contribution < 1.29 is 9.53 Å². The summed E-state index contributed by atoms with van der Waals surface area (Å²) in [5, 5.41) is 0.908. The molecule has 0 aliphatic carbocycles. The summed E-state index contributed by atoms with van der Waals surface area (Å²) >= 11 is 1.49. The van der Waals surface area contributed by atoms with Crippen molar-refractivity contribution in [2.75, 3.05) is 6.61 Å². The summed E-state index contributed by atoms with van der Waals surface area (Å²) in [5.41, 5.74) is 8.02. The van der Waals surface area contributed by atoms with Gasteiger partial charge in [-0.2, -0.15) is 0 Å². The van der Waals surface area contributed by atoms with Crippen LogP contribution in [0.2, 0.25) is 0 Å². The van der Waals surface area contributed by atoms with E-state index in [-0.39, 0.29) is 5.70 Å². The normalized spacial score (nSPS) is 11.4. The number of rotatable bonds is 4. The van der Waals surface area contributed by atoms with Crippen LogP contribution in [-0.2, 0) is 9.53 Å². The number of thiazole rings is 1. The van der Waals surface area contributed by atoms with Crippen molar-refractivity contribution in [3.05, 3.63) is 46.6 Å². The van der Waals surface area contributed by atoms with E-state index >= 15 is 0 Å². The molecule has 0 saturated heterocycles. The lowest BCUT2D eigenvalue weighted by Gasteiger charge is -2.00. The van der Waals surface area contributed by atoms with Crippen LogP contribution in [0.5, 0.6) is 0 Å². The second kappa shape index (κ2) is 6.34. The van der Waals surface area contributed by atoms with Crippen LogP contribution in [0, 0.1) is 6.92 Å². The van der Waals surface area contributed by atoms with Gasteiger partial charge in [-0.15, -0.1) is 11.3 Å². The molecule has 0 saturated carbocycles. The molecule has 0 bridgehead atoms. The van der Waals surface area contributed by atoms with Crippen molar-refractivity contribution in [1.82, 2.24) is 4.98 Å². The molecule has 0 radical (unpaired) electrons. The number of carbonyl (C=O) groups excluding carboxylic acids is 1. The van der Waals surface area contributed by atoms with Crippen molar-refractivity contribution in [1.29, 1.82) is 0 Å². The first-order chi connectivity index (χ1) is 9.61. The molecule has 2 N–H and O–H groups in total. The zero-order valence-electron chi connectivity index (χ0n) is 11.4. The molecule has 104 valence electrons. The molecule has 5 heteroatoms. The summed E-state index contributed by atoms with van der Waals surface area (Å²) in [5.74, 6) is -0.502. The summed E-state index contributed by atoms with van der Waals surface area (Å²) in [4.78, 5) is 16.6. The van der Waals surface area contributed by atoms with Gasteiger partial charge < -0.3 is 10.5 Å². The number of carbonyl (C=O) groups is 1. The van der Waals surface area contributed by atoms with Gasteiger partial charge in [0.25, 0.3) is 0 Å². The molecule has 0 aliphatic rings. The Hall–Kier alpha value is -2.14. The maximum absolute atomic E-state index is 11.4. The van der Waals surface area contributed by atoms with Gasteiger partial charge in [-0.1, -0.05) is 24.3 Å². The van der Waals surface area contributed by atoms with Crippen molar-refractivity contribution in [3.63, 3.8) is 0 Å². The molecule has 0 amide bonds. The SMILES string of the molecule is CCOC(=O)/C(N)=C/c1cnc(-c2ccccc2C)s1. The van der Waals surface area contributed by atoms with Crippen molar-refractivity contribution in [2.24, 2.45) is 5.73 Å². The fourth-order valence-corrected chi connectivity index (χ4v) is 2.68. The van der Waals surface area contributed by atoms with Crippen LogP contribution < -0.4 is 5.73 Å². The third-order valence-corrected chi connectivity index (χ3v) is 3.69. The number of benzene rings is 1. The van der Waals surface area contributed by atoms with Crippen LogP contribution in [0.15, 0.2) is 36.2 Å². The van der Waals surface area contributed by atoms with Crippen LogP contribution in [0.25, 0.3) is 16.6 Å². The Labute approximate surface area is 121 Å². The fourth-order valence-electron chi connectivity index (χ4n) is 1.72. The molecule has 20 heavy (non-hydrogen) atoms. The number of ether oxygens (including phenoxy) is 1. The lowest BCUT2D eigenvalue weighted by Crippen LogP contribution is -2.14. The van der Waals surface area contributed by atoms with Crippen LogP contribution in [0.1, 0.15) is 17.4 Å². The van der Waals surface area contributed by atoms with Gasteiger partial charge in [0.05, 0.1) is 6.61 Å². The zero-order chi connectivity index (χ0) is 14.5. The Kier molecular flexibility index (Phi) is 4.53. The molecule has 0 unspecified atom stereocenters. The Morgan fingerprint density at radius 3 is 2.90 bits per heavy atom. The standard InChI is InChI=1S/C15H16N2O2S/c1-3-19-15(18)13(16)8-11-9-17-14(20-11)12-7-5-4-6-10(12)2/h4-9H,3,16H2,1-2H3/b13-8-. The average molecular weight is 288 g/mol. The first-order valence-electron chi connectivity index (χ1n) is 6.28. The number of nitrogens with zero attached hydrogens (tertiary/aromatic N) is 1. The van der Waals surface area contributed by atoms with E-state index in [9.17, 15) is 4.79 Å². The maximum atomic E-state index is 11.4. The average Bonchev–Trinajstić information content (AvgIpc) is 2.87. The van der Waals surface area contributed by atoms with Gasteiger partial charge in [0.15, 0.2) is 0 Å². The maximum Gasteiger partial charge on any atom is 0.354 e. The van der Waals surface area contributed by atoms with Gasteiger partial charge >= 0.3 is 5.97 Å². The summed E-state index contributed by atoms with van der Waals surface area (Å²) in [6, 6.07) is 8.04. The molecule has 2 rings (SSSR count). The molecule has 1 heterocycles. The number of aryl methyl sites for hydroxylation is 1. The highest BCUT2D eigenvalue weighted by Gasteiger charge is 2.09. The van der Waals surface area contributed by atoms with Gasteiger partial charge in [0.2, 0.25) is 0 Å². The highest BCUT2D eigenvalue weighted by molar-refractivity contribution is 7.15. The third kappa shape index (κ3) is 3.24. The molecule has 0 aliphatic heterocycles. The van der Waals surface area contributed by atoms with E-state index < -0.39 is 5.97 Å². The minimum Gasteiger partial charge on any atom is -0.461 e. The van der Waals surface area contributed by atoms with Gasteiger partial charge in [0, 0.05) is 16.6 Å². The minimum atomic E-state index is -0.502. The van der Waals surface area contributed by atoms with E-state index in [1.807, 2.05) is 31.2 Å². The Morgan fingerprint density at radius 1 is 1.45 bits per heavy atom. The third-order valence-electron chi connectivity index (χ3n) is 2.71. The molecule has 4 nitrogen and oxygen atoms in total. The quantitative estimate of drug-likeness (QED) is 0.694. The lowest BCUT2D eigenvalue weighted by molar-refractivity contribution is -0.138. The number of nitrogens with two attached hydrogens (primary N) is 1. The summed E-state index contributed by atoms with van der Waals surface area (Å²) in [6.45, 7) is 4.10. The Morgan fingerprint density at radius 2 is 2.20 bits per heavy atom. The Balaban J connectivity index is 2.24. The molecule has 2 aromatic rings. The van der Waals surface area contributed by atoms with Crippen LogP contribution in [-0.4, -0.2) is 17.6 Å². The molecule has 1 aromatic heterocycles. The summed E-state index contributed by atoms with van der Waals surface area (Å²) in [7, 11) is 0. The first-order valence-corrected chi connectivity index (χ1v) is 7.09. The molecule has 1 aromatic carbocycles. The number of hydrogen-bond donors (Lipinski definition) is 1. The highest BCUT2D eigenvalue weighted by Crippen LogP contribution is 2.28. The number of aromatic nitrogens is 1. The smallest absolute Gasteiger partial charge is 0.354 e. The van der Waals surface area contributed by atoms with Crippen LogP contribution >= 0.6 is 11.3 Å². The van der Waals surface area contributed by atoms with E-state index in [1.54, 1.807) is 19.2 Å². The van der Waals surface area contributed by atoms with Gasteiger partial charge in [-0.3, -0.25) is 0 Å². The lowest BCUT2D eigenvalue weighted by atomic mass is 10.1. The molecule has 0 atom stereocenters. The van der Waals surface area contributed by atoms with E-state index in [0.717, 1.165) is 21.0 Å². The van der Waals surface area contributed by atoms with Crippen molar-refractivity contribution in [3.8, 4) is 10.6 Å². The predicted molar refractivity (Wildman–Crippen MR) is 81.1 cm³/mol. The number of hydrogen-bond acceptors (Lipinski definition) is 5. The van der Waals surface area contributed by atoms with Gasteiger partial charge in [0.1, 0.15) is 10.7 Å². The zero-order valence-corrected chi connectivity index (χ0v) is 12.2. The molecule has 0 fully saturated rings. The molecular weight excluding hydrogens is 272 g/mol. The summed E-state index contributed by atoms with van der Waals surface area (Å²) in [6.07, 6.45) is 3.30. The van der Waals surface area contributed by atoms with Crippen molar-refractivity contribution >= 4 is 23.4 Å². The highest BCUT2D eigenvalue weighted by atomic mass is 32.1. The van der Waals surface area contributed by atoms with Gasteiger partial charge in [-0.25, -0.2) is 9.78 Å². The van der Waals surface area contributed by atoms with Gasteiger partial charge in [-0.05, 0) is 25.5 Å². The molecule has 0 spiro atoms. The fraction of sp³-hybridized carbons (Fsp3) is 0.200. The van der Waals surface area contributed by atoms with Crippen molar-refractivity contribution in [2.45, 2.75) is 13.8 Å². The van der Waals surface area contributed by atoms with E-state index in [0.29, 0.717) is 6.61 Å². The van der Waals surface area contributed by atoms with E-state index in [2.05, 4.69) is 4.98 Å². The van der Waals surface area contributed by atoms with E-state index in [1.165, 1.54) is 11.3 Å². The second-order valence-corrected chi connectivity index (χ2v) is 5.27. The molecular formula is C15H16N2O2S. The first kappa shape index (κ1) is 14.3. The number of esters is 1. The van der Waals surface area contributed by atoms with Crippen LogP contribution in [0.3, 0.4) is 0 Å². The largest absolute Gasteiger partial charge is 0.461 e. The summed E-state index contributed by atoms with van der Waals surface area (Å²) < 4.78 is 4.84. The van der Waals surface area contributed by atoms with Crippen LogP contribution in [0.4, 0.5) is 0 Å².